The first-order chi connectivity index (χ1) is 10.2. The molecule has 1 aromatic rings. The average molecular weight is 292 g/mol. The van der Waals surface area contributed by atoms with E-state index in [1.165, 1.54) is 6.42 Å². The average Bonchev–Trinajstić information content (AvgIpc) is 2.55. The highest BCUT2D eigenvalue weighted by molar-refractivity contribution is 5.76. The lowest BCUT2D eigenvalue weighted by Gasteiger charge is -2.26. The first-order valence-corrected chi connectivity index (χ1v) is 7.59. The maximum atomic E-state index is 12.1. The second kappa shape index (κ2) is 7.78. The van der Waals surface area contributed by atoms with Crippen LogP contribution in [0.4, 0.5) is 11.6 Å². The summed E-state index contributed by atoms with van der Waals surface area (Å²) in [7, 11) is 0. The summed E-state index contributed by atoms with van der Waals surface area (Å²) in [4.78, 5) is 22.6. The van der Waals surface area contributed by atoms with Crippen molar-refractivity contribution in [3.63, 3.8) is 0 Å². The minimum atomic E-state index is 0.212. The number of nitrogens with zero attached hydrogens (tertiary/aromatic N) is 3. The van der Waals surface area contributed by atoms with Crippen molar-refractivity contribution < 1.29 is 4.79 Å². The fourth-order valence-corrected chi connectivity index (χ4v) is 2.42. The van der Waals surface area contributed by atoms with Gasteiger partial charge in [-0.2, -0.15) is 0 Å². The van der Waals surface area contributed by atoms with Crippen LogP contribution in [0.1, 0.15) is 38.4 Å². The van der Waals surface area contributed by atoms with E-state index in [2.05, 4.69) is 20.7 Å². The van der Waals surface area contributed by atoms with Gasteiger partial charge in [0, 0.05) is 38.5 Å². The molecule has 1 fully saturated rings. The highest BCUT2D eigenvalue weighted by Crippen LogP contribution is 2.12. The Hall–Kier alpha value is -1.89. The first-order valence-electron chi connectivity index (χ1n) is 7.59. The van der Waals surface area contributed by atoms with Gasteiger partial charge in [-0.05, 0) is 19.3 Å². The summed E-state index contributed by atoms with van der Waals surface area (Å²) in [5.74, 6) is 7.59. The van der Waals surface area contributed by atoms with Gasteiger partial charge in [-0.1, -0.05) is 6.92 Å². The third-order valence-corrected chi connectivity index (χ3v) is 3.59. The van der Waals surface area contributed by atoms with Crippen LogP contribution in [0, 0.1) is 0 Å². The first kappa shape index (κ1) is 15.5. The quantitative estimate of drug-likeness (QED) is 0.537. The van der Waals surface area contributed by atoms with Gasteiger partial charge in [0.25, 0.3) is 0 Å². The number of piperidine rings is 1. The molecule has 1 aliphatic heterocycles. The van der Waals surface area contributed by atoms with Crippen molar-refractivity contribution >= 4 is 17.5 Å². The maximum absolute atomic E-state index is 12.1. The molecule has 7 nitrogen and oxygen atoms in total. The van der Waals surface area contributed by atoms with E-state index in [4.69, 9.17) is 5.84 Å². The Bertz CT molecular complexity index is 450. The molecule has 2 heterocycles. The molecular weight excluding hydrogens is 268 g/mol. The van der Waals surface area contributed by atoms with E-state index in [0.29, 0.717) is 24.6 Å². The molecule has 1 aliphatic rings. The van der Waals surface area contributed by atoms with E-state index in [1.807, 2.05) is 11.8 Å². The van der Waals surface area contributed by atoms with Gasteiger partial charge in [0.2, 0.25) is 5.91 Å². The van der Waals surface area contributed by atoms with E-state index in [0.717, 1.165) is 38.2 Å². The number of nitrogens with two attached hydrogens (primary N) is 1. The monoisotopic (exact) mass is 292 g/mol. The van der Waals surface area contributed by atoms with E-state index >= 15 is 0 Å². The van der Waals surface area contributed by atoms with Gasteiger partial charge >= 0.3 is 0 Å². The third-order valence-electron chi connectivity index (χ3n) is 3.59. The van der Waals surface area contributed by atoms with Crippen LogP contribution in [0.15, 0.2) is 6.07 Å². The molecule has 1 aromatic heterocycles. The van der Waals surface area contributed by atoms with Crippen LogP contribution in [-0.2, 0) is 11.2 Å². The smallest absolute Gasteiger partial charge is 0.224 e. The van der Waals surface area contributed by atoms with Gasteiger partial charge in [0.15, 0.2) is 0 Å². The molecule has 0 unspecified atom stereocenters. The molecule has 7 heteroatoms. The SMILES string of the molecule is CCc1nc(NN)cc(NCCC(=O)N2CCCCC2)n1. The van der Waals surface area contributed by atoms with E-state index in [1.54, 1.807) is 6.07 Å². The summed E-state index contributed by atoms with van der Waals surface area (Å²) in [6.07, 6.45) is 4.69. The molecule has 2 rings (SSSR count). The molecule has 1 amide bonds. The van der Waals surface area contributed by atoms with Crippen LogP contribution in [0.5, 0.6) is 0 Å². The summed E-state index contributed by atoms with van der Waals surface area (Å²) in [6, 6.07) is 1.74. The molecule has 0 radical (unpaired) electrons. The van der Waals surface area contributed by atoms with Crippen molar-refractivity contribution in [1.29, 1.82) is 0 Å². The molecule has 0 bridgehead atoms. The zero-order valence-electron chi connectivity index (χ0n) is 12.6. The topological polar surface area (TPSA) is 96.2 Å². The Labute approximate surface area is 125 Å². The van der Waals surface area contributed by atoms with E-state index < -0.39 is 0 Å². The van der Waals surface area contributed by atoms with Crippen LogP contribution in [-0.4, -0.2) is 40.4 Å². The minimum absolute atomic E-state index is 0.212. The van der Waals surface area contributed by atoms with Crippen LogP contribution in [0.3, 0.4) is 0 Å². The summed E-state index contributed by atoms with van der Waals surface area (Å²) >= 11 is 0. The number of hydrogen-bond acceptors (Lipinski definition) is 6. The number of rotatable bonds is 6. The number of hydrazine groups is 1. The lowest BCUT2D eigenvalue weighted by molar-refractivity contribution is -0.131. The zero-order chi connectivity index (χ0) is 15.1. The van der Waals surface area contributed by atoms with Crippen LogP contribution < -0.4 is 16.6 Å². The molecule has 4 N–H and O–H groups in total. The third kappa shape index (κ3) is 4.56. The zero-order valence-corrected chi connectivity index (χ0v) is 12.6. The Balaban J connectivity index is 1.83. The van der Waals surface area contributed by atoms with Crippen molar-refractivity contribution in [2.24, 2.45) is 5.84 Å². The van der Waals surface area contributed by atoms with Gasteiger partial charge in [-0.25, -0.2) is 15.8 Å². The fraction of sp³-hybridized carbons (Fsp3) is 0.643. The Kier molecular flexibility index (Phi) is 5.74. The predicted molar refractivity (Wildman–Crippen MR) is 82.8 cm³/mol. The largest absolute Gasteiger partial charge is 0.369 e. The highest BCUT2D eigenvalue weighted by atomic mass is 16.2. The highest BCUT2D eigenvalue weighted by Gasteiger charge is 2.15. The molecular formula is C14H24N6O. The van der Waals surface area contributed by atoms with Gasteiger partial charge in [0.05, 0.1) is 0 Å². The summed E-state index contributed by atoms with van der Waals surface area (Å²) in [6.45, 7) is 4.35. The summed E-state index contributed by atoms with van der Waals surface area (Å²) < 4.78 is 0. The van der Waals surface area contributed by atoms with Gasteiger partial charge < -0.3 is 15.6 Å². The van der Waals surface area contributed by atoms with Gasteiger partial charge in [-0.15, -0.1) is 0 Å². The molecule has 1 saturated heterocycles. The van der Waals surface area contributed by atoms with Crippen LogP contribution in [0.2, 0.25) is 0 Å². The number of nitrogen functional groups attached to an aromatic ring is 1. The molecule has 0 spiro atoms. The summed E-state index contributed by atoms with van der Waals surface area (Å²) in [5, 5.41) is 3.17. The predicted octanol–water partition coefficient (Wildman–Crippen LogP) is 1.14. The number of hydrogen-bond donors (Lipinski definition) is 3. The Morgan fingerprint density at radius 1 is 1.29 bits per heavy atom. The van der Waals surface area contributed by atoms with E-state index in [-0.39, 0.29) is 5.91 Å². The van der Waals surface area contributed by atoms with Crippen molar-refractivity contribution in [1.82, 2.24) is 14.9 Å². The number of anilines is 2. The Morgan fingerprint density at radius 3 is 2.67 bits per heavy atom. The maximum Gasteiger partial charge on any atom is 0.224 e. The molecule has 0 aromatic carbocycles. The number of carbonyl (C=O) groups excluding carboxylic acids is 1. The minimum Gasteiger partial charge on any atom is -0.369 e. The lowest BCUT2D eigenvalue weighted by Crippen LogP contribution is -2.36. The number of aromatic nitrogens is 2. The number of likely N-dealkylation sites (tertiary alicyclic amines) is 1. The van der Waals surface area contributed by atoms with Gasteiger partial charge in [0.1, 0.15) is 17.5 Å². The second-order valence-electron chi connectivity index (χ2n) is 5.17. The molecule has 0 atom stereocenters. The van der Waals surface area contributed by atoms with Crippen LogP contribution >= 0.6 is 0 Å². The van der Waals surface area contributed by atoms with Crippen molar-refractivity contribution in [3.05, 3.63) is 11.9 Å². The Morgan fingerprint density at radius 2 is 2.00 bits per heavy atom. The molecule has 0 saturated carbocycles. The molecule has 116 valence electrons. The van der Waals surface area contributed by atoms with Crippen LogP contribution in [0.25, 0.3) is 0 Å². The second-order valence-corrected chi connectivity index (χ2v) is 5.17. The van der Waals surface area contributed by atoms with Gasteiger partial charge in [-0.3, -0.25) is 4.79 Å². The number of amides is 1. The standard InChI is InChI=1S/C14H24N6O/c1-2-11-17-12(10-13(18-11)19-15)16-7-6-14(21)20-8-4-3-5-9-20/h10H,2-9,15H2,1H3,(H2,16,17,18,19). The van der Waals surface area contributed by atoms with Crippen molar-refractivity contribution in [3.8, 4) is 0 Å². The van der Waals surface area contributed by atoms with Crippen molar-refractivity contribution in [2.75, 3.05) is 30.4 Å². The lowest BCUT2D eigenvalue weighted by atomic mass is 10.1. The normalized spacial score (nSPS) is 14.9. The van der Waals surface area contributed by atoms with Crippen molar-refractivity contribution in [2.45, 2.75) is 39.0 Å². The number of carbonyl (C=O) groups is 1. The summed E-state index contributed by atoms with van der Waals surface area (Å²) in [5.41, 5.74) is 2.53. The number of aryl methyl sites for hydroxylation is 1. The molecule has 0 aliphatic carbocycles. The van der Waals surface area contributed by atoms with E-state index in [9.17, 15) is 4.79 Å². The number of nitrogens with one attached hydrogen (secondary N) is 2. The fourth-order valence-electron chi connectivity index (χ4n) is 2.42. The molecule has 21 heavy (non-hydrogen) atoms.